The van der Waals surface area contributed by atoms with Gasteiger partial charge in [0.1, 0.15) is 6.54 Å². The maximum Gasteiger partial charge on any atom is 0.264 e. The zero-order chi connectivity index (χ0) is 19.3. The average molecular weight is 388 g/mol. The fourth-order valence-electron chi connectivity index (χ4n) is 3.11. The number of sulfonamides is 1. The average Bonchev–Trinajstić information content (AvgIpc) is 2.73. The molecule has 0 atom stereocenters. The number of rotatable bonds is 6. The molecule has 1 aliphatic rings. The first-order valence-electron chi connectivity index (χ1n) is 9.05. The SMILES string of the molecule is CCc1ccccc1N(CC(=O)N1CCOCC1)S(=O)(=O)c1ccccc1. The molecule has 1 heterocycles. The van der Waals surface area contributed by atoms with Crippen LogP contribution < -0.4 is 4.31 Å². The van der Waals surface area contributed by atoms with E-state index in [1.807, 2.05) is 19.1 Å². The van der Waals surface area contributed by atoms with Gasteiger partial charge < -0.3 is 9.64 Å². The molecule has 2 aromatic carbocycles. The molecule has 0 spiro atoms. The number of aryl methyl sites for hydroxylation is 1. The van der Waals surface area contributed by atoms with Gasteiger partial charge in [-0.15, -0.1) is 0 Å². The molecular formula is C20H24N2O4S. The van der Waals surface area contributed by atoms with Gasteiger partial charge >= 0.3 is 0 Å². The first kappa shape index (κ1) is 19.4. The standard InChI is InChI=1S/C20H24N2O4S/c1-2-17-8-6-7-11-19(17)22(16-20(23)21-12-14-26-15-13-21)27(24,25)18-9-4-3-5-10-18/h3-11H,2,12-16H2,1H3. The Kier molecular flexibility index (Phi) is 6.13. The minimum absolute atomic E-state index is 0.172. The summed E-state index contributed by atoms with van der Waals surface area (Å²) in [5.74, 6) is -0.219. The molecule has 0 aliphatic carbocycles. The highest BCUT2D eigenvalue weighted by atomic mass is 32.2. The van der Waals surface area contributed by atoms with Crippen LogP contribution in [-0.2, 0) is 26.0 Å². The molecule has 0 bridgehead atoms. The van der Waals surface area contributed by atoms with Crippen LogP contribution in [-0.4, -0.2) is 52.1 Å². The van der Waals surface area contributed by atoms with E-state index in [0.717, 1.165) is 5.56 Å². The predicted molar refractivity (Wildman–Crippen MR) is 104 cm³/mol. The maximum atomic E-state index is 13.3. The molecule has 144 valence electrons. The van der Waals surface area contributed by atoms with Crippen LogP contribution in [0.1, 0.15) is 12.5 Å². The molecule has 1 aliphatic heterocycles. The molecule has 1 amide bonds. The quantitative estimate of drug-likeness (QED) is 0.762. The molecule has 0 saturated carbocycles. The third-order valence-electron chi connectivity index (χ3n) is 4.62. The number of morpholine rings is 1. The number of amides is 1. The fraction of sp³-hybridized carbons (Fsp3) is 0.350. The second kappa shape index (κ2) is 8.54. The molecule has 3 rings (SSSR count). The van der Waals surface area contributed by atoms with Crippen molar-refractivity contribution in [2.75, 3.05) is 37.2 Å². The fourth-order valence-corrected chi connectivity index (χ4v) is 4.58. The molecule has 6 nitrogen and oxygen atoms in total. The van der Waals surface area contributed by atoms with E-state index in [2.05, 4.69) is 0 Å². The van der Waals surface area contributed by atoms with Crippen LogP contribution in [0.4, 0.5) is 5.69 Å². The van der Waals surface area contributed by atoms with E-state index in [0.29, 0.717) is 38.4 Å². The zero-order valence-corrected chi connectivity index (χ0v) is 16.2. The van der Waals surface area contributed by atoms with Crippen LogP contribution in [0, 0.1) is 0 Å². The van der Waals surface area contributed by atoms with Crippen molar-refractivity contribution in [3.8, 4) is 0 Å². The first-order chi connectivity index (χ1) is 13.0. The molecular weight excluding hydrogens is 364 g/mol. The number of benzene rings is 2. The van der Waals surface area contributed by atoms with Crippen LogP contribution in [0.3, 0.4) is 0 Å². The summed E-state index contributed by atoms with van der Waals surface area (Å²) in [7, 11) is -3.87. The number of para-hydroxylation sites is 1. The molecule has 0 radical (unpaired) electrons. The highest BCUT2D eigenvalue weighted by Crippen LogP contribution is 2.27. The van der Waals surface area contributed by atoms with Crippen LogP contribution in [0.15, 0.2) is 59.5 Å². The van der Waals surface area contributed by atoms with E-state index >= 15 is 0 Å². The molecule has 0 N–H and O–H groups in total. The van der Waals surface area contributed by atoms with Gasteiger partial charge in [-0.1, -0.05) is 43.3 Å². The minimum Gasteiger partial charge on any atom is -0.378 e. The molecule has 2 aromatic rings. The Bertz CT molecular complexity index is 878. The van der Waals surface area contributed by atoms with Gasteiger partial charge in [-0.2, -0.15) is 0 Å². The number of ether oxygens (including phenoxy) is 1. The number of carbonyl (C=O) groups excluding carboxylic acids is 1. The number of anilines is 1. The summed E-state index contributed by atoms with van der Waals surface area (Å²) >= 11 is 0. The maximum absolute atomic E-state index is 13.3. The lowest BCUT2D eigenvalue weighted by atomic mass is 10.1. The first-order valence-corrected chi connectivity index (χ1v) is 10.5. The lowest BCUT2D eigenvalue weighted by Crippen LogP contribution is -2.47. The summed E-state index contributed by atoms with van der Waals surface area (Å²) in [6.45, 7) is 3.65. The largest absolute Gasteiger partial charge is 0.378 e. The Morgan fingerprint density at radius 2 is 1.67 bits per heavy atom. The van der Waals surface area contributed by atoms with Gasteiger partial charge in [0.05, 0.1) is 23.8 Å². The van der Waals surface area contributed by atoms with Crippen molar-refractivity contribution in [3.63, 3.8) is 0 Å². The third-order valence-corrected chi connectivity index (χ3v) is 6.39. The van der Waals surface area contributed by atoms with Gasteiger partial charge in [0.15, 0.2) is 0 Å². The molecule has 1 fully saturated rings. The highest BCUT2D eigenvalue weighted by Gasteiger charge is 2.30. The zero-order valence-electron chi connectivity index (χ0n) is 15.4. The van der Waals surface area contributed by atoms with Crippen molar-refractivity contribution in [2.45, 2.75) is 18.2 Å². The van der Waals surface area contributed by atoms with E-state index < -0.39 is 10.0 Å². The lowest BCUT2D eigenvalue weighted by molar-refractivity contribution is -0.133. The molecule has 1 saturated heterocycles. The van der Waals surface area contributed by atoms with Crippen LogP contribution in [0.25, 0.3) is 0 Å². The van der Waals surface area contributed by atoms with Crippen molar-refractivity contribution in [1.29, 1.82) is 0 Å². The number of hydrogen-bond acceptors (Lipinski definition) is 4. The van der Waals surface area contributed by atoms with Crippen LogP contribution in [0.5, 0.6) is 0 Å². The number of hydrogen-bond donors (Lipinski definition) is 0. The van der Waals surface area contributed by atoms with E-state index in [9.17, 15) is 13.2 Å². The van der Waals surface area contributed by atoms with Gasteiger partial charge in [-0.25, -0.2) is 8.42 Å². The van der Waals surface area contributed by atoms with Gasteiger partial charge in [0.2, 0.25) is 5.91 Å². The third kappa shape index (κ3) is 4.31. The second-order valence-electron chi connectivity index (χ2n) is 6.30. The highest BCUT2D eigenvalue weighted by molar-refractivity contribution is 7.92. The smallest absolute Gasteiger partial charge is 0.264 e. The van der Waals surface area contributed by atoms with Crippen LogP contribution in [0.2, 0.25) is 0 Å². The Morgan fingerprint density at radius 1 is 1.04 bits per heavy atom. The van der Waals surface area contributed by atoms with Crippen molar-refractivity contribution < 1.29 is 17.9 Å². The summed E-state index contributed by atoms with van der Waals surface area (Å²) < 4.78 is 33.2. The predicted octanol–water partition coefficient (Wildman–Crippen LogP) is 2.30. The van der Waals surface area contributed by atoms with Crippen molar-refractivity contribution in [3.05, 3.63) is 60.2 Å². The summed E-state index contributed by atoms with van der Waals surface area (Å²) in [4.78, 5) is 14.7. The summed E-state index contributed by atoms with van der Waals surface area (Å²) in [6.07, 6.45) is 0.669. The van der Waals surface area contributed by atoms with Crippen molar-refractivity contribution in [2.24, 2.45) is 0 Å². The molecule has 7 heteroatoms. The van der Waals surface area contributed by atoms with Gasteiger partial charge in [0, 0.05) is 13.1 Å². The molecule has 27 heavy (non-hydrogen) atoms. The topological polar surface area (TPSA) is 66.9 Å². The molecule has 0 aromatic heterocycles. The van der Waals surface area contributed by atoms with E-state index in [1.54, 1.807) is 47.4 Å². The molecule has 0 unspecified atom stereocenters. The van der Waals surface area contributed by atoms with E-state index in [-0.39, 0.29) is 17.3 Å². The number of carbonyl (C=O) groups is 1. The lowest BCUT2D eigenvalue weighted by Gasteiger charge is -2.31. The van der Waals surface area contributed by atoms with Gasteiger partial charge in [-0.05, 0) is 30.2 Å². The Morgan fingerprint density at radius 3 is 2.33 bits per heavy atom. The Labute approximate surface area is 160 Å². The summed E-state index contributed by atoms with van der Waals surface area (Å²) in [6, 6.07) is 15.5. The van der Waals surface area contributed by atoms with E-state index in [4.69, 9.17) is 4.74 Å². The summed E-state index contributed by atoms with van der Waals surface area (Å²) in [5.41, 5.74) is 1.43. The number of nitrogens with zero attached hydrogens (tertiary/aromatic N) is 2. The minimum atomic E-state index is -3.87. The Balaban J connectivity index is 2.00. The van der Waals surface area contributed by atoms with Crippen molar-refractivity contribution in [1.82, 2.24) is 4.90 Å². The van der Waals surface area contributed by atoms with E-state index in [1.165, 1.54) is 4.31 Å². The van der Waals surface area contributed by atoms with Gasteiger partial charge in [0.25, 0.3) is 10.0 Å². The van der Waals surface area contributed by atoms with Crippen LogP contribution >= 0.6 is 0 Å². The summed E-state index contributed by atoms with van der Waals surface area (Å²) in [5, 5.41) is 0. The monoisotopic (exact) mass is 388 g/mol. The van der Waals surface area contributed by atoms with Crippen molar-refractivity contribution >= 4 is 21.6 Å². The normalized spacial score (nSPS) is 14.8. The second-order valence-corrected chi connectivity index (χ2v) is 8.16. The van der Waals surface area contributed by atoms with Gasteiger partial charge in [-0.3, -0.25) is 9.10 Å². The Hall–Kier alpha value is -2.38.